The molecule has 5 rings (SSSR count). The van der Waals surface area contributed by atoms with Gasteiger partial charge in [0.15, 0.2) is 11.0 Å². The Morgan fingerprint density at radius 1 is 0.973 bits per heavy atom. The first-order valence-corrected chi connectivity index (χ1v) is 13.0. The van der Waals surface area contributed by atoms with Gasteiger partial charge in [0.25, 0.3) is 0 Å². The van der Waals surface area contributed by atoms with E-state index in [1.165, 1.54) is 12.1 Å². The third-order valence-electron chi connectivity index (χ3n) is 7.82. The monoisotopic (exact) mass is 543 g/mol. The van der Waals surface area contributed by atoms with Crippen LogP contribution < -0.4 is 4.90 Å². The lowest BCUT2D eigenvalue weighted by Crippen LogP contribution is -2.57. The molecule has 1 N–H and O–H groups in total. The van der Waals surface area contributed by atoms with Crippen LogP contribution in [-0.2, 0) is 10.4 Å². The highest BCUT2D eigenvalue weighted by Crippen LogP contribution is 2.43. The van der Waals surface area contributed by atoms with Crippen molar-refractivity contribution >= 4 is 34.9 Å². The molecule has 2 aromatic heterocycles. The van der Waals surface area contributed by atoms with Crippen molar-refractivity contribution in [1.82, 2.24) is 20.1 Å². The summed E-state index contributed by atoms with van der Waals surface area (Å²) >= 11 is 12.0. The number of nitrogens with zero attached hydrogens (tertiary/aromatic N) is 5. The second-order valence-electron chi connectivity index (χ2n) is 10.1. The van der Waals surface area contributed by atoms with Crippen LogP contribution in [0, 0.1) is 23.6 Å². The average Bonchev–Trinajstić information content (AvgIpc) is 3.33. The highest BCUT2D eigenvalue weighted by atomic mass is 35.5. The molecule has 1 unspecified atom stereocenters. The number of carbonyl (C=O) groups excluding carboxylic acids is 1. The maximum atomic E-state index is 14.0. The van der Waals surface area contributed by atoms with Gasteiger partial charge in [-0.15, -0.1) is 10.2 Å². The number of amides is 1. The van der Waals surface area contributed by atoms with Crippen molar-refractivity contribution in [2.24, 2.45) is 17.8 Å². The summed E-state index contributed by atoms with van der Waals surface area (Å²) < 4.78 is 13.5. The van der Waals surface area contributed by atoms with Crippen molar-refractivity contribution in [2.75, 3.05) is 31.1 Å². The number of rotatable bonds is 4. The van der Waals surface area contributed by atoms with Crippen molar-refractivity contribution in [1.29, 1.82) is 0 Å². The fraction of sp³-hybridized carbons (Fsp3) is 0.407. The molecule has 194 valence electrons. The number of hydrogen-bond donors (Lipinski definition) is 1. The maximum absolute atomic E-state index is 14.0. The van der Waals surface area contributed by atoms with Crippen molar-refractivity contribution in [2.45, 2.75) is 25.4 Å². The van der Waals surface area contributed by atoms with E-state index >= 15 is 0 Å². The third-order valence-corrected chi connectivity index (χ3v) is 8.24. The van der Waals surface area contributed by atoms with E-state index in [-0.39, 0.29) is 35.4 Å². The number of hydrogen-bond acceptors (Lipinski definition) is 6. The zero-order chi connectivity index (χ0) is 26.3. The van der Waals surface area contributed by atoms with E-state index in [2.05, 4.69) is 15.2 Å². The van der Waals surface area contributed by atoms with Crippen LogP contribution in [0.15, 0.2) is 54.7 Å². The molecule has 2 aliphatic rings. The van der Waals surface area contributed by atoms with E-state index in [0.717, 1.165) is 5.69 Å². The molecule has 0 spiro atoms. The second-order valence-corrected chi connectivity index (χ2v) is 10.9. The normalized spacial score (nSPS) is 27.9. The molecule has 0 radical (unpaired) electrons. The largest absolute Gasteiger partial charge is 0.384 e. The van der Waals surface area contributed by atoms with Gasteiger partial charge < -0.3 is 14.9 Å². The lowest BCUT2D eigenvalue weighted by atomic mass is 9.70. The number of pyridine rings is 1. The van der Waals surface area contributed by atoms with Gasteiger partial charge in [0.1, 0.15) is 5.82 Å². The van der Waals surface area contributed by atoms with Crippen LogP contribution in [0.5, 0.6) is 0 Å². The van der Waals surface area contributed by atoms with E-state index in [0.29, 0.717) is 47.7 Å². The van der Waals surface area contributed by atoms with E-state index < -0.39 is 5.60 Å². The van der Waals surface area contributed by atoms with Crippen LogP contribution in [0.1, 0.15) is 31.0 Å². The molecular weight excluding hydrogens is 516 g/mol. The first-order chi connectivity index (χ1) is 17.7. The SMILES string of the molecule is C[C@@H]1CN(C(=O)[C@@H]2CN(c3ccc(Cl)nn3)C[C@H]2c2ccc(Cl)cn2)C[C@H](C)C1(O)c1ccc(F)cc1. The Hall–Kier alpha value is -2.81. The number of piperidine rings is 1. The number of aromatic nitrogens is 3. The molecular formula is C27H28Cl2FN5O2. The number of benzene rings is 1. The quantitative estimate of drug-likeness (QED) is 0.520. The molecule has 1 aromatic carbocycles. The predicted molar refractivity (Wildman–Crippen MR) is 140 cm³/mol. The summed E-state index contributed by atoms with van der Waals surface area (Å²) in [6.07, 6.45) is 1.59. The van der Waals surface area contributed by atoms with Crippen LogP contribution in [0.4, 0.5) is 10.2 Å². The van der Waals surface area contributed by atoms with Gasteiger partial charge in [-0.05, 0) is 42.0 Å². The van der Waals surface area contributed by atoms with Crippen LogP contribution in [0.3, 0.4) is 0 Å². The molecule has 2 aliphatic heterocycles. The lowest BCUT2D eigenvalue weighted by Gasteiger charge is -2.48. The van der Waals surface area contributed by atoms with Gasteiger partial charge >= 0.3 is 0 Å². The minimum absolute atomic E-state index is 0.00558. The Bertz CT molecular complexity index is 1250. The molecule has 2 fully saturated rings. The Balaban J connectivity index is 1.40. The molecule has 5 atom stereocenters. The third kappa shape index (κ3) is 4.90. The smallest absolute Gasteiger partial charge is 0.228 e. The van der Waals surface area contributed by atoms with E-state index in [1.807, 2.05) is 29.7 Å². The zero-order valence-corrected chi connectivity index (χ0v) is 22.1. The first-order valence-electron chi connectivity index (χ1n) is 12.3. The minimum Gasteiger partial charge on any atom is -0.384 e. The van der Waals surface area contributed by atoms with Crippen molar-refractivity contribution < 1.29 is 14.3 Å². The van der Waals surface area contributed by atoms with Gasteiger partial charge in [-0.2, -0.15) is 0 Å². The Morgan fingerprint density at radius 3 is 2.27 bits per heavy atom. The summed E-state index contributed by atoms with van der Waals surface area (Å²) in [5, 5.41) is 20.7. The van der Waals surface area contributed by atoms with E-state index in [9.17, 15) is 14.3 Å². The Kier molecular flexibility index (Phi) is 7.09. The first kappa shape index (κ1) is 25.8. The molecule has 0 saturated carbocycles. The molecule has 2 saturated heterocycles. The summed E-state index contributed by atoms with van der Waals surface area (Å²) in [4.78, 5) is 22.4. The molecule has 7 nitrogen and oxygen atoms in total. The number of halogens is 3. The molecule has 10 heteroatoms. The average molecular weight is 544 g/mol. The molecule has 0 aliphatic carbocycles. The lowest BCUT2D eigenvalue weighted by molar-refractivity contribution is -0.152. The van der Waals surface area contributed by atoms with Crippen LogP contribution in [-0.4, -0.2) is 57.3 Å². The summed E-state index contributed by atoms with van der Waals surface area (Å²) in [5.74, 6) is -0.753. The van der Waals surface area contributed by atoms with Crippen LogP contribution >= 0.6 is 23.2 Å². The van der Waals surface area contributed by atoms with Gasteiger partial charge in [-0.1, -0.05) is 49.2 Å². The molecule has 4 heterocycles. The highest BCUT2D eigenvalue weighted by Gasteiger charge is 2.49. The van der Waals surface area contributed by atoms with Crippen LogP contribution in [0.25, 0.3) is 0 Å². The Labute approximate surface area is 225 Å². The van der Waals surface area contributed by atoms with Gasteiger partial charge in [-0.25, -0.2) is 4.39 Å². The Morgan fingerprint density at radius 2 is 1.68 bits per heavy atom. The summed E-state index contributed by atoms with van der Waals surface area (Å²) in [6.45, 7) is 5.62. The van der Waals surface area contributed by atoms with Gasteiger partial charge in [-0.3, -0.25) is 9.78 Å². The summed E-state index contributed by atoms with van der Waals surface area (Å²) in [7, 11) is 0. The fourth-order valence-electron chi connectivity index (χ4n) is 5.83. The number of carbonyl (C=O) groups is 1. The van der Waals surface area contributed by atoms with Gasteiger partial charge in [0.05, 0.1) is 16.5 Å². The highest BCUT2D eigenvalue weighted by molar-refractivity contribution is 6.30. The molecule has 1 amide bonds. The zero-order valence-electron chi connectivity index (χ0n) is 20.6. The molecule has 0 bridgehead atoms. The summed E-state index contributed by atoms with van der Waals surface area (Å²) in [6, 6.07) is 13.1. The standard InChI is InChI=1S/C27H28Cl2FN5O2/c1-16-12-35(13-17(2)27(16,37)18-3-6-20(30)7-4-18)26(36)22-15-34(25-10-9-24(29)32-33-25)14-21(22)23-8-5-19(28)11-31-23/h3-11,16-17,21-22,37H,12-15H2,1-2H3/t16-,17+,21-,22-,27?/m1/s1. The van der Waals surface area contributed by atoms with E-state index in [4.69, 9.17) is 23.2 Å². The van der Waals surface area contributed by atoms with E-state index in [1.54, 1.807) is 36.5 Å². The van der Waals surface area contributed by atoms with Gasteiger partial charge in [0.2, 0.25) is 5.91 Å². The number of anilines is 1. The predicted octanol–water partition coefficient (Wildman–Crippen LogP) is 4.54. The summed E-state index contributed by atoms with van der Waals surface area (Å²) in [5.41, 5.74) is 0.285. The minimum atomic E-state index is -1.16. The topological polar surface area (TPSA) is 82.5 Å². The number of aliphatic hydroxyl groups is 1. The maximum Gasteiger partial charge on any atom is 0.228 e. The number of likely N-dealkylation sites (tertiary alicyclic amines) is 1. The van der Waals surface area contributed by atoms with Gasteiger partial charge in [0, 0.05) is 55.8 Å². The van der Waals surface area contributed by atoms with Crippen molar-refractivity contribution in [3.05, 3.63) is 82.0 Å². The fourth-order valence-corrected chi connectivity index (χ4v) is 6.04. The molecule has 3 aromatic rings. The van der Waals surface area contributed by atoms with Crippen molar-refractivity contribution in [3.63, 3.8) is 0 Å². The second kappa shape index (κ2) is 10.2. The van der Waals surface area contributed by atoms with Crippen LogP contribution in [0.2, 0.25) is 10.2 Å². The van der Waals surface area contributed by atoms with Crippen molar-refractivity contribution in [3.8, 4) is 0 Å². The molecule has 37 heavy (non-hydrogen) atoms.